The minimum absolute atomic E-state index is 0.0108. The Morgan fingerprint density at radius 1 is 1.43 bits per heavy atom. The minimum atomic E-state index is -0.944. The van der Waals surface area contributed by atoms with Crippen LogP contribution in [-0.4, -0.2) is 46.2 Å². The second-order valence-corrected chi connectivity index (χ2v) is 8.63. The molecule has 0 amide bonds. The Morgan fingerprint density at radius 3 is 2.89 bits per heavy atom. The smallest absolute Gasteiger partial charge is 0.329 e. The Morgan fingerprint density at radius 2 is 2.18 bits per heavy atom. The third kappa shape index (κ3) is 4.17. The van der Waals surface area contributed by atoms with Crippen LogP contribution in [0, 0.1) is 11.3 Å². The van der Waals surface area contributed by atoms with Crippen LogP contribution in [0.4, 0.5) is 0 Å². The summed E-state index contributed by atoms with van der Waals surface area (Å²) in [5.74, 6) is -0.559. The van der Waals surface area contributed by atoms with Crippen LogP contribution in [0.3, 0.4) is 0 Å². The predicted molar refractivity (Wildman–Crippen MR) is 108 cm³/mol. The fourth-order valence-corrected chi connectivity index (χ4v) is 5.23. The van der Waals surface area contributed by atoms with Gasteiger partial charge in [0.25, 0.3) is 0 Å². The van der Waals surface area contributed by atoms with Crippen molar-refractivity contribution in [2.75, 3.05) is 6.61 Å². The van der Waals surface area contributed by atoms with Crippen molar-refractivity contribution >= 4 is 5.97 Å². The highest BCUT2D eigenvalue weighted by molar-refractivity contribution is 5.68. The molecule has 5 nitrogen and oxygen atoms in total. The van der Waals surface area contributed by atoms with Crippen molar-refractivity contribution in [2.24, 2.45) is 11.3 Å². The quantitative estimate of drug-likeness (QED) is 0.627. The van der Waals surface area contributed by atoms with Crippen molar-refractivity contribution in [1.29, 1.82) is 0 Å². The lowest BCUT2D eigenvalue weighted by Crippen LogP contribution is -2.35. The first-order valence-corrected chi connectivity index (χ1v) is 10.2. The first kappa shape index (κ1) is 21.0. The zero-order valence-corrected chi connectivity index (χ0v) is 16.9. The average Bonchev–Trinajstić information content (AvgIpc) is 2.99. The van der Waals surface area contributed by atoms with Crippen molar-refractivity contribution < 1.29 is 24.9 Å². The maximum Gasteiger partial charge on any atom is 0.329 e. The number of fused-ring (bicyclic) bond motifs is 1. The Balaban J connectivity index is 1.77. The van der Waals surface area contributed by atoms with Crippen LogP contribution in [0.25, 0.3) is 0 Å². The zero-order chi connectivity index (χ0) is 20.5. The topological polar surface area (TPSA) is 87.0 Å². The molecule has 154 valence electrons. The van der Waals surface area contributed by atoms with Gasteiger partial charge >= 0.3 is 5.97 Å². The summed E-state index contributed by atoms with van der Waals surface area (Å²) in [4.78, 5) is 10.8. The number of rotatable bonds is 5. The number of allylic oxidation sites excluding steroid dienone is 4. The van der Waals surface area contributed by atoms with Gasteiger partial charge in [0.1, 0.15) is 6.61 Å². The van der Waals surface area contributed by atoms with E-state index in [-0.39, 0.29) is 18.1 Å². The Hall–Kier alpha value is -1.69. The number of carboxylic acid groups (broad SMARTS) is 1. The van der Waals surface area contributed by atoms with Crippen LogP contribution >= 0.6 is 0 Å². The molecule has 0 aromatic rings. The van der Waals surface area contributed by atoms with Gasteiger partial charge < -0.3 is 20.1 Å². The SMILES string of the molecule is C=C1/C(=C\C=C2/CCC[C@]3(C)C([C@H](C)OCC(=O)O)=CC[C@@H]23)C[C@@H](O)C[C@@H]1O. The molecule has 0 spiro atoms. The minimum Gasteiger partial charge on any atom is -0.480 e. The third-order valence-corrected chi connectivity index (χ3v) is 6.77. The van der Waals surface area contributed by atoms with E-state index in [1.807, 2.05) is 13.0 Å². The fraction of sp³-hybridized carbons (Fsp3) is 0.609. The van der Waals surface area contributed by atoms with Gasteiger partial charge in [-0.3, -0.25) is 0 Å². The molecule has 2 saturated carbocycles. The average molecular weight is 389 g/mol. The summed E-state index contributed by atoms with van der Waals surface area (Å²) in [5, 5.41) is 28.9. The van der Waals surface area contributed by atoms with Crippen LogP contribution in [0.15, 0.2) is 47.1 Å². The Labute approximate surface area is 167 Å². The molecule has 3 aliphatic rings. The molecule has 0 bridgehead atoms. The van der Waals surface area contributed by atoms with Gasteiger partial charge in [-0.2, -0.15) is 0 Å². The normalized spacial score (nSPS) is 37.1. The van der Waals surface area contributed by atoms with Crippen LogP contribution < -0.4 is 0 Å². The molecule has 5 heteroatoms. The van der Waals surface area contributed by atoms with E-state index in [9.17, 15) is 15.0 Å². The van der Waals surface area contributed by atoms with Gasteiger partial charge in [0.2, 0.25) is 0 Å². The highest BCUT2D eigenvalue weighted by Gasteiger charge is 2.46. The molecule has 3 aliphatic carbocycles. The Bertz CT molecular complexity index is 731. The van der Waals surface area contributed by atoms with Crippen molar-refractivity contribution in [3.05, 3.63) is 47.1 Å². The van der Waals surface area contributed by atoms with Crippen molar-refractivity contribution in [1.82, 2.24) is 0 Å². The van der Waals surface area contributed by atoms with E-state index in [1.165, 1.54) is 11.1 Å². The first-order chi connectivity index (χ1) is 13.2. The predicted octanol–water partition coefficient (Wildman–Crippen LogP) is 3.54. The standard InChI is InChI=1S/C23H32O5/c1-14-17(11-18(24)12-21(14)25)7-6-16-5-4-10-23(3)19(8-9-20(16)23)15(2)28-13-22(26)27/h6-8,15,18,20-21,24-25H,1,4-5,9-13H2,2-3H3,(H,26,27)/b16-6+,17-7-/t15-,18+,20-,21-,23+/m0/s1. The molecule has 0 aliphatic heterocycles. The lowest BCUT2D eigenvalue weighted by molar-refractivity contribution is -0.143. The largest absolute Gasteiger partial charge is 0.480 e. The molecule has 0 saturated heterocycles. The van der Waals surface area contributed by atoms with E-state index < -0.39 is 18.2 Å². The van der Waals surface area contributed by atoms with Crippen molar-refractivity contribution in [2.45, 2.75) is 70.7 Å². The summed E-state index contributed by atoms with van der Waals surface area (Å²) >= 11 is 0. The van der Waals surface area contributed by atoms with E-state index in [2.05, 4.69) is 25.7 Å². The Kier molecular flexibility index (Phi) is 6.28. The number of carbonyl (C=O) groups is 1. The molecule has 5 atom stereocenters. The van der Waals surface area contributed by atoms with E-state index in [4.69, 9.17) is 9.84 Å². The molecule has 0 unspecified atom stereocenters. The summed E-state index contributed by atoms with van der Waals surface area (Å²) in [5.41, 5.74) is 4.21. The fourth-order valence-electron chi connectivity index (χ4n) is 5.23. The highest BCUT2D eigenvalue weighted by Crippen LogP contribution is 2.55. The van der Waals surface area contributed by atoms with E-state index >= 15 is 0 Å². The molecular weight excluding hydrogens is 356 g/mol. The molecular formula is C23H32O5. The van der Waals surface area contributed by atoms with Crippen molar-refractivity contribution in [3.8, 4) is 0 Å². The second kappa shape index (κ2) is 8.36. The summed E-state index contributed by atoms with van der Waals surface area (Å²) in [6.07, 6.45) is 10.0. The second-order valence-electron chi connectivity index (χ2n) is 8.63. The first-order valence-electron chi connectivity index (χ1n) is 10.2. The number of ether oxygens (including phenoxy) is 1. The van der Waals surface area contributed by atoms with Crippen LogP contribution in [-0.2, 0) is 9.53 Å². The summed E-state index contributed by atoms with van der Waals surface area (Å²) in [6.45, 7) is 7.92. The van der Waals surface area contributed by atoms with Gasteiger partial charge in [0, 0.05) is 6.42 Å². The highest BCUT2D eigenvalue weighted by atomic mass is 16.5. The molecule has 3 rings (SSSR count). The number of aliphatic carboxylic acids is 1. The number of hydrogen-bond donors (Lipinski definition) is 3. The molecule has 0 heterocycles. The lowest BCUT2D eigenvalue weighted by Gasteiger charge is -2.42. The molecule has 0 aromatic heterocycles. The van der Waals surface area contributed by atoms with Gasteiger partial charge in [-0.05, 0) is 67.1 Å². The summed E-state index contributed by atoms with van der Waals surface area (Å²) in [6, 6.07) is 0. The molecule has 3 N–H and O–H groups in total. The van der Waals surface area contributed by atoms with Crippen LogP contribution in [0.2, 0.25) is 0 Å². The van der Waals surface area contributed by atoms with Gasteiger partial charge in [-0.1, -0.05) is 37.3 Å². The number of aliphatic hydroxyl groups excluding tert-OH is 2. The maximum atomic E-state index is 10.8. The summed E-state index contributed by atoms with van der Waals surface area (Å²) < 4.78 is 5.56. The molecule has 28 heavy (non-hydrogen) atoms. The van der Waals surface area contributed by atoms with Gasteiger partial charge in [0.05, 0.1) is 18.3 Å². The number of hydrogen-bond acceptors (Lipinski definition) is 4. The zero-order valence-electron chi connectivity index (χ0n) is 16.9. The van der Waals surface area contributed by atoms with E-state index in [1.54, 1.807) is 0 Å². The van der Waals surface area contributed by atoms with Crippen LogP contribution in [0.1, 0.15) is 52.4 Å². The molecule has 0 radical (unpaired) electrons. The van der Waals surface area contributed by atoms with Gasteiger partial charge in [-0.25, -0.2) is 4.79 Å². The van der Waals surface area contributed by atoms with E-state index in [0.29, 0.717) is 24.3 Å². The van der Waals surface area contributed by atoms with Crippen LogP contribution in [0.5, 0.6) is 0 Å². The molecule has 2 fully saturated rings. The number of carboxylic acids is 1. The summed E-state index contributed by atoms with van der Waals surface area (Å²) in [7, 11) is 0. The van der Waals surface area contributed by atoms with Gasteiger partial charge in [-0.15, -0.1) is 0 Å². The lowest BCUT2D eigenvalue weighted by atomic mass is 9.63. The van der Waals surface area contributed by atoms with Gasteiger partial charge in [0.15, 0.2) is 0 Å². The monoisotopic (exact) mass is 388 g/mol. The number of aliphatic hydroxyl groups is 2. The third-order valence-electron chi connectivity index (χ3n) is 6.77. The van der Waals surface area contributed by atoms with E-state index in [0.717, 1.165) is 31.3 Å². The van der Waals surface area contributed by atoms with Crippen molar-refractivity contribution in [3.63, 3.8) is 0 Å². The maximum absolute atomic E-state index is 10.8. The molecule has 0 aromatic carbocycles.